The fourth-order valence-corrected chi connectivity index (χ4v) is 1.78. The summed E-state index contributed by atoms with van der Waals surface area (Å²) < 4.78 is 29.3. The van der Waals surface area contributed by atoms with E-state index < -0.39 is 11.8 Å². The fourth-order valence-electron chi connectivity index (χ4n) is 1.78. The van der Waals surface area contributed by atoms with Gasteiger partial charge in [-0.15, -0.1) is 0 Å². The van der Waals surface area contributed by atoms with Crippen molar-refractivity contribution in [1.29, 1.82) is 0 Å². The van der Waals surface area contributed by atoms with Gasteiger partial charge in [0, 0.05) is 5.56 Å². The van der Waals surface area contributed by atoms with Gasteiger partial charge in [0.1, 0.15) is 17.3 Å². The second-order valence-electron chi connectivity index (χ2n) is 4.61. The molecule has 0 saturated carbocycles. The first kappa shape index (κ1) is 15.0. The lowest BCUT2D eigenvalue weighted by Gasteiger charge is -2.10. The van der Waals surface area contributed by atoms with E-state index >= 15 is 0 Å². The predicted octanol–water partition coefficient (Wildman–Crippen LogP) is 3.10. The maximum absolute atomic E-state index is 13.8. The van der Waals surface area contributed by atoms with Gasteiger partial charge in [-0.05, 0) is 32.9 Å². The minimum Gasteiger partial charge on any atom is -0.483 e. The van der Waals surface area contributed by atoms with Crippen LogP contribution in [0.15, 0.2) is 16.5 Å². The third-order valence-electron chi connectivity index (χ3n) is 3.14. The highest BCUT2D eigenvalue weighted by atomic mass is 19.1. The van der Waals surface area contributed by atoms with Crippen molar-refractivity contribution in [3.8, 4) is 5.75 Å². The van der Waals surface area contributed by atoms with Gasteiger partial charge in [-0.1, -0.05) is 0 Å². The quantitative estimate of drug-likeness (QED) is 0.811. The molecule has 1 aromatic carbocycles. The first-order valence-electron chi connectivity index (χ1n) is 6.36. The molecule has 21 heavy (non-hydrogen) atoms. The third-order valence-corrected chi connectivity index (χ3v) is 3.14. The van der Waals surface area contributed by atoms with E-state index in [2.05, 4.69) is 9.72 Å². The van der Waals surface area contributed by atoms with Crippen molar-refractivity contribution >= 4 is 5.97 Å². The number of halogens is 1. The lowest BCUT2D eigenvalue weighted by Crippen LogP contribution is -2.05. The molecule has 0 unspecified atom stereocenters. The molecule has 6 heteroatoms. The lowest BCUT2D eigenvalue weighted by atomic mass is 10.1. The van der Waals surface area contributed by atoms with Gasteiger partial charge in [-0.3, -0.25) is 0 Å². The second kappa shape index (κ2) is 5.95. The van der Waals surface area contributed by atoms with E-state index in [0.717, 1.165) is 11.8 Å². The minimum atomic E-state index is -0.624. The number of esters is 1. The molecule has 112 valence electrons. The van der Waals surface area contributed by atoms with Crippen LogP contribution in [-0.4, -0.2) is 18.1 Å². The maximum Gasteiger partial charge on any atom is 0.338 e. The third kappa shape index (κ3) is 3.21. The van der Waals surface area contributed by atoms with E-state index in [9.17, 15) is 9.18 Å². The van der Waals surface area contributed by atoms with Crippen molar-refractivity contribution < 1.29 is 23.1 Å². The van der Waals surface area contributed by atoms with E-state index in [1.165, 1.54) is 13.2 Å². The number of hydrogen-bond donors (Lipinski definition) is 0. The summed E-state index contributed by atoms with van der Waals surface area (Å²) in [7, 11) is 1.24. The molecule has 0 atom stereocenters. The van der Waals surface area contributed by atoms with Gasteiger partial charge in [-0.25, -0.2) is 14.2 Å². The Bertz CT molecular complexity index is 659. The average Bonchev–Trinajstić information content (AvgIpc) is 2.78. The normalized spacial score (nSPS) is 10.5. The molecule has 1 heterocycles. The van der Waals surface area contributed by atoms with Gasteiger partial charge in [0.15, 0.2) is 6.61 Å². The molecule has 0 bridgehead atoms. The van der Waals surface area contributed by atoms with E-state index in [0.29, 0.717) is 17.2 Å². The Balaban J connectivity index is 2.22. The first-order chi connectivity index (χ1) is 9.92. The van der Waals surface area contributed by atoms with Crippen LogP contribution < -0.4 is 4.74 Å². The van der Waals surface area contributed by atoms with Crippen LogP contribution in [0.2, 0.25) is 0 Å². The molecule has 0 aliphatic heterocycles. The molecule has 0 saturated heterocycles. The van der Waals surface area contributed by atoms with Crippen LogP contribution >= 0.6 is 0 Å². The highest BCUT2D eigenvalue weighted by molar-refractivity contribution is 5.90. The Labute approximate surface area is 121 Å². The molecule has 0 aliphatic rings. The number of rotatable bonds is 4. The topological polar surface area (TPSA) is 61.6 Å². The van der Waals surface area contributed by atoms with Gasteiger partial charge in [0.25, 0.3) is 0 Å². The molecule has 0 amide bonds. The molecule has 0 spiro atoms. The number of hydrogen-bond acceptors (Lipinski definition) is 5. The van der Waals surface area contributed by atoms with Crippen LogP contribution in [0.3, 0.4) is 0 Å². The smallest absolute Gasteiger partial charge is 0.338 e. The highest BCUT2D eigenvalue weighted by Crippen LogP contribution is 2.24. The minimum absolute atomic E-state index is 0.0551. The summed E-state index contributed by atoms with van der Waals surface area (Å²) >= 11 is 0. The number of ether oxygens (including phenoxy) is 2. The number of nitrogens with zero attached hydrogens (tertiary/aromatic N) is 1. The summed E-state index contributed by atoms with van der Waals surface area (Å²) in [5, 5.41) is 0. The van der Waals surface area contributed by atoms with Crippen molar-refractivity contribution in [3.63, 3.8) is 0 Å². The molecule has 0 radical (unpaired) electrons. The Morgan fingerprint density at radius 1 is 1.33 bits per heavy atom. The van der Waals surface area contributed by atoms with Gasteiger partial charge in [0.2, 0.25) is 5.89 Å². The zero-order valence-corrected chi connectivity index (χ0v) is 12.3. The molecule has 0 N–H and O–H groups in total. The number of benzene rings is 1. The maximum atomic E-state index is 13.8. The summed E-state index contributed by atoms with van der Waals surface area (Å²) in [6.07, 6.45) is 0. The van der Waals surface area contributed by atoms with Crippen molar-refractivity contribution in [3.05, 3.63) is 46.4 Å². The number of carbonyl (C=O) groups excluding carboxylic acids is 1. The van der Waals surface area contributed by atoms with Gasteiger partial charge in [-0.2, -0.15) is 0 Å². The monoisotopic (exact) mass is 293 g/mol. The van der Waals surface area contributed by atoms with Crippen molar-refractivity contribution in [2.24, 2.45) is 0 Å². The molecule has 2 rings (SSSR count). The average molecular weight is 293 g/mol. The van der Waals surface area contributed by atoms with Crippen molar-refractivity contribution in [1.82, 2.24) is 4.98 Å². The molecular formula is C15H16FNO4. The Hall–Kier alpha value is -2.37. The molecule has 5 nitrogen and oxygen atoms in total. The van der Waals surface area contributed by atoms with Gasteiger partial charge >= 0.3 is 5.97 Å². The van der Waals surface area contributed by atoms with E-state index in [1.54, 1.807) is 13.8 Å². The van der Waals surface area contributed by atoms with E-state index in [4.69, 9.17) is 9.15 Å². The summed E-state index contributed by atoms with van der Waals surface area (Å²) in [5.41, 5.74) is 1.18. The van der Waals surface area contributed by atoms with Crippen LogP contribution in [-0.2, 0) is 11.3 Å². The molecule has 0 aliphatic carbocycles. The Morgan fingerprint density at radius 3 is 2.62 bits per heavy atom. The lowest BCUT2D eigenvalue weighted by molar-refractivity contribution is 0.0599. The highest BCUT2D eigenvalue weighted by Gasteiger charge is 2.15. The summed E-state index contributed by atoms with van der Waals surface area (Å²) in [6.45, 7) is 5.25. The number of aryl methyl sites for hydroxylation is 2. The van der Waals surface area contributed by atoms with Gasteiger partial charge in [0.05, 0.1) is 18.4 Å². The van der Waals surface area contributed by atoms with Crippen LogP contribution in [0.25, 0.3) is 0 Å². The SMILES string of the molecule is COC(=O)c1cc(F)c(C)c(OCc2nc(C)c(C)o2)c1. The zero-order chi connectivity index (χ0) is 15.6. The number of aromatic nitrogens is 1. The molecule has 1 aromatic heterocycles. The van der Waals surface area contributed by atoms with Crippen LogP contribution in [0.1, 0.15) is 33.3 Å². The number of methoxy groups -OCH3 is 1. The van der Waals surface area contributed by atoms with E-state index in [-0.39, 0.29) is 17.9 Å². The predicted molar refractivity (Wildman–Crippen MR) is 72.8 cm³/mol. The van der Waals surface area contributed by atoms with Gasteiger partial charge < -0.3 is 13.9 Å². The van der Waals surface area contributed by atoms with Crippen molar-refractivity contribution in [2.45, 2.75) is 27.4 Å². The molecule has 2 aromatic rings. The zero-order valence-electron chi connectivity index (χ0n) is 12.3. The largest absolute Gasteiger partial charge is 0.483 e. The summed E-state index contributed by atoms with van der Waals surface area (Å²) in [5.74, 6) is 0.200. The van der Waals surface area contributed by atoms with E-state index in [1.807, 2.05) is 6.92 Å². The molecule has 0 fully saturated rings. The Kier molecular flexibility index (Phi) is 4.26. The second-order valence-corrected chi connectivity index (χ2v) is 4.61. The standard InChI is InChI=1S/C15H16FNO4/c1-8-12(16)5-11(15(18)19-4)6-13(8)20-7-14-17-9(2)10(3)21-14/h5-6H,7H2,1-4H3. The first-order valence-corrected chi connectivity index (χ1v) is 6.36. The molecular weight excluding hydrogens is 277 g/mol. The summed E-state index contributed by atoms with van der Waals surface area (Å²) in [4.78, 5) is 15.7. The van der Waals surface area contributed by atoms with Crippen molar-refractivity contribution in [2.75, 3.05) is 7.11 Å². The van der Waals surface area contributed by atoms with Crippen LogP contribution in [0.4, 0.5) is 4.39 Å². The fraction of sp³-hybridized carbons (Fsp3) is 0.333. The Morgan fingerprint density at radius 2 is 2.05 bits per heavy atom. The van der Waals surface area contributed by atoms with Crippen LogP contribution in [0, 0.1) is 26.6 Å². The summed E-state index contributed by atoms with van der Waals surface area (Å²) in [6, 6.07) is 2.56. The van der Waals surface area contributed by atoms with Crippen LogP contribution in [0.5, 0.6) is 5.75 Å². The number of oxazole rings is 1. The number of carbonyl (C=O) groups is 1.